The van der Waals surface area contributed by atoms with Gasteiger partial charge in [0.05, 0.1) is 23.1 Å². The standard InChI is InChI=1S/C21H18F3NO2/c22-21(23,24)12-6-3-7-13(10-12)25-19(26)17-14-8-9-15(18(17)20(25)27)16(14)11-4-1-2-5-11/h3,6-10,14-15,17-18H,1-2,4-5H2/t14-,15-,17-,18+/m0/s1. The lowest BCUT2D eigenvalue weighted by Gasteiger charge is -2.20. The molecule has 4 atom stereocenters. The number of benzene rings is 1. The molecule has 6 heteroatoms. The van der Waals surface area contributed by atoms with Crippen molar-refractivity contribution in [3.05, 3.63) is 53.1 Å². The average molecular weight is 373 g/mol. The highest BCUT2D eigenvalue weighted by molar-refractivity contribution is 6.23. The maximum atomic E-state index is 13.1. The number of alkyl halides is 3. The summed E-state index contributed by atoms with van der Waals surface area (Å²) in [5, 5.41) is 0. The first-order chi connectivity index (χ1) is 12.9. The van der Waals surface area contributed by atoms with Gasteiger partial charge in [0, 0.05) is 11.8 Å². The smallest absolute Gasteiger partial charge is 0.274 e. The Kier molecular flexibility index (Phi) is 3.46. The van der Waals surface area contributed by atoms with E-state index in [9.17, 15) is 22.8 Å². The number of nitrogens with zero attached hydrogens (tertiary/aromatic N) is 1. The van der Waals surface area contributed by atoms with Crippen molar-refractivity contribution >= 4 is 17.5 Å². The van der Waals surface area contributed by atoms with Gasteiger partial charge in [-0.05, 0) is 43.9 Å². The van der Waals surface area contributed by atoms with E-state index in [1.54, 1.807) is 0 Å². The zero-order valence-corrected chi connectivity index (χ0v) is 14.5. The number of fused-ring (bicyclic) bond motifs is 5. The molecule has 4 aliphatic rings. The van der Waals surface area contributed by atoms with Crippen LogP contribution < -0.4 is 4.90 Å². The zero-order valence-electron chi connectivity index (χ0n) is 14.5. The number of allylic oxidation sites excluding steroid dienone is 4. The van der Waals surface area contributed by atoms with Crippen molar-refractivity contribution in [3.8, 4) is 0 Å². The van der Waals surface area contributed by atoms with E-state index in [0.717, 1.165) is 42.7 Å². The molecule has 1 aliphatic heterocycles. The molecule has 0 aromatic heterocycles. The normalized spacial score (nSPS) is 32.2. The van der Waals surface area contributed by atoms with Gasteiger partial charge in [-0.3, -0.25) is 9.59 Å². The minimum absolute atomic E-state index is 0.0173. The van der Waals surface area contributed by atoms with Crippen molar-refractivity contribution in [1.82, 2.24) is 0 Å². The molecule has 1 heterocycles. The lowest BCUT2D eigenvalue weighted by molar-refractivity contribution is -0.137. The van der Waals surface area contributed by atoms with Crippen LogP contribution in [0.5, 0.6) is 0 Å². The molecule has 0 spiro atoms. The van der Waals surface area contributed by atoms with Gasteiger partial charge in [0.25, 0.3) is 0 Å². The van der Waals surface area contributed by atoms with Crippen LogP contribution in [0.3, 0.4) is 0 Å². The number of carbonyl (C=O) groups excluding carboxylic acids is 2. The molecule has 2 bridgehead atoms. The molecular formula is C21H18F3NO2. The van der Waals surface area contributed by atoms with Gasteiger partial charge in [0.1, 0.15) is 0 Å². The topological polar surface area (TPSA) is 37.4 Å². The summed E-state index contributed by atoms with van der Waals surface area (Å²) < 4.78 is 39.1. The van der Waals surface area contributed by atoms with E-state index in [2.05, 4.69) is 0 Å². The molecule has 5 rings (SSSR count). The van der Waals surface area contributed by atoms with E-state index in [4.69, 9.17) is 0 Å². The van der Waals surface area contributed by atoms with Gasteiger partial charge in [-0.25, -0.2) is 4.90 Å². The Bertz CT molecular complexity index is 872. The van der Waals surface area contributed by atoms with Crippen LogP contribution in [0, 0.1) is 23.7 Å². The summed E-state index contributed by atoms with van der Waals surface area (Å²) in [6.45, 7) is 0. The van der Waals surface area contributed by atoms with Gasteiger partial charge in [0.2, 0.25) is 11.8 Å². The summed E-state index contributed by atoms with van der Waals surface area (Å²) in [4.78, 5) is 27.1. The monoisotopic (exact) mass is 373 g/mol. The van der Waals surface area contributed by atoms with Crippen molar-refractivity contribution in [2.45, 2.75) is 31.9 Å². The third kappa shape index (κ3) is 2.28. The fraction of sp³-hybridized carbons (Fsp3) is 0.429. The Labute approximate surface area is 154 Å². The van der Waals surface area contributed by atoms with Gasteiger partial charge in [-0.15, -0.1) is 0 Å². The lowest BCUT2D eigenvalue weighted by Crippen LogP contribution is -2.33. The second kappa shape index (κ2) is 5.57. The minimum Gasteiger partial charge on any atom is -0.274 e. The quantitative estimate of drug-likeness (QED) is 0.537. The third-order valence-corrected chi connectivity index (χ3v) is 6.46. The molecule has 27 heavy (non-hydrogen) atoms. The van der Waals surface area contributed by atoms with E-state index >= 15 is 0 Å². The van der Waals surface area contributed by atoms with Crippen LogP contribution in [-0.2, 0) is 15.8 Å². The van der Waals surface area contributed by atoms with Crippen LogP contribution in [0.1, 0.15) is 31.2 Å². The first kappa shape index (κ1) is 16.8. The predicted molar refractivity (Wildman–Crippen MR) is 92.5 cm³/mol. The van der Waals surface area contributed by atoms with Crippen molar-refractivity contribution in [2.24, 2.45) is 23.7 Å². The number of anilines is 1. The summed E-state index contributed by atoms with van der Waals surface area (Å²) >= 11 is 0. The molecule has 0 unspecified atom stereocenters. The van der Waals surface area contributed by atoms with Crippen LogP contribution in [0.4, 0.5) is 18.9 Å². The van der Waals surface area contributed by atoms with Crippen molar-refractivity contribution in [2.75, 3.05) is 4.90 Å². The highest BCUT2D eigenvalue weighted by Gasteiger charge is 2.62. The second-order valence-electron chi connectivity index (χ2n) is 7.81. The first-order valence-electron chi connectivity index (χ1n) is 9.33. The van der Waals surface area contributed by atoms with Gasteiger partial charge in [0.15, 0.2) is 0 Å². The molecule has 0 radical (unpaired) electrons. The van der Waals surface area contributed by atoms with E-state index in [1.165, 1.54) is 23.3 Å². The minimum atomic E-state index is -4.52. The summed E-state index contributed by atoms with van der Waals surface area (Å²) in [6.07, 6.45) is 3.88. The number of imide groups is 1. The molecule has 1 aromatic carbocycles. The van der Waals surface area contributed by atoms with E-state index in [1.807, 2.05) is 12.2 Å². The van der Waals surface area contributed by atoms with Gasteiger partial charge in [-0.2, -0.15) is 13.2 Å². The molecule has 3 aliphatic carbocycles. The number of hydrogen-bond acceptors (Lipinski definition) is 2. The molecule has 2 amide bonds. The summed E-state index contributed by atoms with van der Waals surface area (Å²) in [5.41, 5.74) is 1.79. The molecule has 1 saturated heterocycles. The Hall–Kier alpha value is -2.37. The molecule has 3 nitrogen and oxygen atoms in total. The number of carbonyl (C=O) groups is 2. The summed E-state index contributed by atoms with van der Waals surface area (Å²) in [6, 6.07) is 4.48. The van der Waals surface area contributed by atoms with E-state index in [-0.39, 0.29) is 29.3 Å². The summed E-state index contributed by atoms with van der Waals surface area (Å²) in [5.74, 6) is -1.80. The zero-order chi connectivity index (χ0) is 18.9. The van der Waals surface area contributed by atoms with E-state index < -0.39 is 23.6 Å². The molecule has 3 fully saturated rings. The van der Waals surface area contributed by atoms with E-state index in [0.29, 0.717) is 0 Å². The highest BCUT2D eigenvalue weighted by atomic mass is 19.4. The largest absolute Gasteiger partial charge is 0.416 e. The maximum absolute atomic E-state index is 13.1. The maximum Gasteiger partial charge on any atom is 0.416 e. The van der Waals surface area contributed by atoms with Crippen LogP contribution in [0.15, 0.2) is 47.6 Å². The molecule has 2 saturated carbocycles. The number of halogens is 3. The number of amides is 2. The predicted octanol–water partition coefficient (Wildman–Crippen LogP) is 4.50. The average Bonchev–Trinajstić information content (AvgIpc) is 3.37. The van der Waals surface area contributed by atoms with Gasteiger partial charge in [-0.1, -0.05) is 29.4 Å². The Balaban J connectivity index is 1.52. The second-order valence-corrected chi connectivity index (χ2v) is 7.81. The van der Waals surface area contributed by atoms with Crippen LogP contribution in [0.25, 0.3) is 0 Å². The third-order valence-electron chi connectivity index (χ3n) is 6.46. The Morgan fingerprint density at radius 1 is 0.926 bits per heavy atom. The molecular weight excluding hydrogens is 355 g/mol. The first-order valence-corrected chi connectivity index (χ1v) is 9.33. The fourth-order valence-corrected chi connectivity index (χ4v) is 5.40. The molecule has 1 aromatic rings. The summed E-state index contributed by atoms with van der Waals surface area (Å²) in [7, 11) is 0. The van der Waals surface area contributed by atoms with Crippen molar-refractivity contribution in [3.63, 3.8) is 0 Å². The number of rotatable bonds is 1. The molecule has 0 N–H and O–H groups in total. The van der Waals surface area contributed by atoms with Gasteiger partial charge < -0.3 is 0 Å². The van der Waals surface area contributed by atoms with Crippen LogP contribution >= 0.6 is 0 Å². The fourth-order valence-electron chi connectivity index (χ4n) is 5.40. The van der Waals surface area contributed by atoms with Crippen molar-refractivity contribution in [1.29, 1.82) is 0 Å². The Morgan fingerprint density at radius 3 is 2.07 bits per heavy atom. The number of hydrogen-bond donors (Lipinski definition) is 0. The SMILES string of the molecule is O=C1[C@@H]2[C@H](C(=O)N1c1cccc(C(F)(F)F)c1)[C@H]1C=C[C@H]2C1=C1CCCC1. The lowest BCUT2D eigenvalue weighted by atomic mass is 9.85. The van der Waals surface area contributed by atoms with Crippen LogP contribution in [-0.4, -0.2) is 11.8 Å². The van der Waals surface area contributed by atoms with Gasteiger partial charge >= 0.3 is 6.18 Å². The van der Waals surface area contributed by atoms with Crippen LogP contribution in [0.2, 0.25) is 0 Å². The van der Waals surface area contributed by atoms with Crippen molar-refractivity contribution < 1.29 is 22.8 Å². The highest BCUT2D eigenvalue weighted by Crippen LogP contribution is 2.58. The Morgan fingerprint density at radius 2 is 1.52 bits per heavy atom. The molecule has 140 valence electrons.